The Morgan fingerprint density at radius 2 is 1.72 bits per heavy atom. The molecular formula is C27H26FN5O2S. The van der Waals surface area contributed by atoms with Gasteiger partial charge in [-0.1, -0.05) is 0 Å². The van der Waals surface area contributed by atoms with Crippen molar-refractivity contribution in [2.24, 2.45) is 0 Å². The van der Waals surface area contributed by atoms with Gasteiger partial charge in [-0.25, -0.2) is 9.37 Å². The second-order valence-corrected chi connectivity index (χ2v) is 10.3. The van der Waals surface area contributed by atoms with Crippen LogP contribution in [0.2, 0.25) is 0 Å². The zero-order valence-corrected chi connectivity index (χ0v) is 20.7. The fraction of sp³-hybridized carbons (Fsp3) is 0.296. The smallest absolute Gasteiger partial charge is 0.282 e. The summed E-state index contributed by atoms with van der Waals surface area (Å²) in [4.78, 5) is 36.0. The summed E-state index contributed by atoms with van der Waals surface area (Å²) in [6.45, 7) is 6.40. The molecule has 2 aliphatic heterocycles. The van der Waals surface area contributed by atoms with Crippen LogP contribution in [0, 0.1) is 12.7 Å². The van der Waals surface area contributed by atoms with Crippen LogP contribution in [0.1, 0.15) is 25.7 Å². The van der Waals surface area contributed by atoms with E-state index in [-0.39, 0.29) is 17.6 Å². The maximum Gasteiger partial charge on any atom is 0.282 e. The van der Waals surface area contributed by atoms with Crippen molar-refractivity contribution < 1.29 is 14.0 Å². The van der Waals surface area contributed by atoms with Crippen LogP contribution >= 0.6 is 11.3 Å². The third kappa shape index (κ3) is 4.08. The minimum atomic E-state index is -0.265. The number of nitrogens with zero attached hydrogens (tertiary/aromatic N) is 5. The van der Waals surface area contributed by atoms with Crippen LogP contribution < -0.4 is 0 Å². The monoisotopic (exact) mass is 503 g/mol. The van der Waals surface area contributed by atoms with Crippen molar-refractivity contribution in [3.8, 4) is 5.69 Å². The van der Waals surface area contributed by atoms with Crippen molar-refractivity contribution in [3.05, 3.63) is 82.2 Å². The van der Waals surface area contributed by atoms with Gasteiger partial charge in [0.25, 0.3) is 11.8 Å². The van der Waals surface area contributed by atoms with Crippen LogP contribution in [0.5, 0.6) is 0 Å². The van der Waals surface area contributed by atoms with Gasteiger partial charge in [-0.15, -0.1) is 11.3 Å². The van der Waals surface area contributed by atoms with Gasteiger partial charge in [0.2, 0.25) is 0 Å². The molecule has 9 heteroatoms. The zero-order chi connectivity index (χ0) is 24.8. The summed E-state index contributed by atoms with van der Waals surface area (Å²) >= 11 is 1.37. The summed E-state index contributed by atoms with van der Waals surface area (Å²) in [6, 6.07) is 12.6. The first-order valence-electron chi connectivity index (χ1n) is 12.1. The number of piperazine rings is 1. The van der Waals surface area contributed by atoms with Crippen molar-refractivity contribution in [2.75, 3.05) is 39.3 Å². The van der Waals surface area contributed by atoms with Gasteiger partial charge in [0.15, 0.2) is 5.01 Å². The topological polar surface area (TPSA) is 61.7 Å². The van der Waals surface area contributed by atoms with Gasteiger partial charge in [0, 0.05) is 79.7 Å². The molecule has 2 fully saturated rings. The first-order valence-corrected chi connectivity index (χ1v) is 13.0. The number of hydrogen-bond acceptors (Lipinski definition) is 5. The molecule has 7 nitrogen and oxygen atoms in total. The van der Waals surface area contributed by atoms with Gasteiger partial charge in [-0.2, -0.15) is 0 Å². The summed E-state index contributed by atoms with van der Waals surface area (Å²) in [5.41, 5.74) is 3.62. The Labute approximate surface area is 212 Å². The molecule has 2 aliphatic rings. The lowest BCUT2D eigenvalue weighted by atomic mass is 10.1. The number of amides is 2. The van der Waals surface area contributed by atoms with E-state index in [4.69, 9.17) is 0 Å². The van der Waals surface area contributed by atoms with Gasteiger partial charge in [0.1, 0.15) is 5.82 Å². The predicted octanol–water partition coefficient (Wildman–Crippen LogP) is 3.82. The van der Waals surface area contributed by atoms with Gasteiger partial charge in [-0.3, -0.25) is 14.5 Å². The highest BCUT2D eigenvalue weighted by Gasteiger charge is 2.37. The maximum absolute atomic E-state index is 13.4. The molecule has 36 heavy (non-hydrogen) atoms. The molecule has 0 atom stereocenters. The lowest BCUT2D eigenvalue weighted by molar-refractivity contribution is 0.00852. The number of likely N-dealkylation sites (tertiary alicyclic amines) is 1. The van der Waals surface area contributed by atoms with E-state index >= 15 is 0 Å². The molecule has 2 saturated heterocycles. The van der Waals surface area contributed by atoms with Crippen LogP contribution in [0.15, 0.2) is 60.2 Å². The van der Waals surface area contributed by atoms with E-state index in [1.165, 1.54) is 23.5 Å². The number of carbonyl (C=O) groups is 2. The molecule has 2 aromatic carbocycles. The number of benzene rings is 2. The van der Waals surface area contributed by atoms with Crippen LogP contribution in [-0.2, 0) is 0 Å². The molecule has 2 amide bonds. The third-order valence-electron chi connectivity index (χ3n) is 7.24. The normalized spacial score (nSPS) is 16.9. The number of rotatable bonds is 4. The number of thiazole rings is 1. The van der Waals surface area contributed by atoms with Crippen molar-refractivity contribution in [1.29, 1.82) is 0 Å². The van der Waals surface area contributed by atoms with Crippen LogP contribution in [0.4, 0.5) is 4.39 Å². The molecule has 0 N–H and O–H groups in total. The van der Waals surface area contributed by atoms with Crippen LogP contribution in [-0.4, -0.2) is 81.4 Å². The number of aryl methyl sites for hydroxylation is 1. The van der Waals surface area contributed by atoms with Gasteiger partial charge < -0.3 is 14.4 Å². The summed E-state index contributed by atoms with van der Waals surface area (Å²) in [6.07, 6.45) is 3.68. The molecule has 2 aromatic heterocycles. The Kier molecular flexibility index (Phi) is 5.81. The summed E-state index contributed by atoms with van der Waals surface area (Å²) in [7, 11) is 0. The van der Waals surface area contributed by atoms with Crippen LogP contribution in [0.25, 0.3) is 16.6 Å². The zero-order valence-electron chi connectivity index (χ0n) is 19.9. The minimum absolute atomic E-state index is 0.00834. The first-order chi connectivity index (χ1) is 17.5. The fourth-order valence-corrected chi connectivity index (χ4v) is 5.73. The van der Waals surface area contributed by atoms with E-state index < -0.39 is 0 Å². The Balaban J connectivity index is 1.09. The molecule has 6 rings (SSSR count). The molecule has 0 spiro atoms. The Morgan fingerprint density at radius 3 is 2.42 bits per heavy atom. The predicted molar refractivity (Wildman–Crippen MR) is 137 cm³/mol. The second kappa shape index (κ2) is 9.15. The Bertz CT molecular complexity index is 1420. The largest absolute Gasteiger partial charge is 0.336 e. The third-order valence-corrected chi connectivity index (χ3v) is 8.00. The minimum Gasteiger partial charge on any atom is -0.336 e. The lowest BCUT2D eigenvalue weighted by Crippen LogP contribution is -2.64. The standard InChI is InChI=1S/C27H26FN5O2S/c1-18-15-33(21-5-3-20(28)4-6-21)24-7-2-19(14-23(18)24)26(34)31-11-9-30(10-12-31)22-16-32(17-22)27(35)25-29-8-13-36-25/h2-8,13-15,22H,9-12,16-17H2,1H3. The fourth-order valence-electron chi connectivity index (χ4n) is 5.13. The van der Waals surface area contributed by atoms with Gasteiger partial charge >= 0.3 is 0 Å². The molecule has 184 valence electrons. The van der Waals surface area contributed by atoms with E-state index in [0.29, 0.717) is 42.8 Å². The molecule has 0 bridgehead atoms. The SMILES string of the molecule is Cc1cn(-c2ccc(F)cc2)c2ccc(C(=O)N3CCN(C4CN(C(=O)c5nccs5)C4)CC3)cc12. The number of hydrogen-bond donors (Lipinski definition) is 0. The highest BCUT2D eigenvalue weighted by Crippen LogP contribution is 2.27. The number of fused-ring (bicyclic) bond motifs is 1. The second-order valence-electron chi connectivity index (χ2n) is 9.42. The molecule has 0 radical (unpaired) electrons. The molecule has 4 aromatic rings. The van der Waals surface area contributed by atoms with Crippen molar-refractivity contribution in [3.63, 3.8) is 0 Å². The van der Waals surface area contributed by atoms with E-state index in [2.05, 4.69) is 9.88 Å². The average molecular weight is 504 g/mol. The van der Waals surface area contributed by atoms with Crippen molar-refractivity contribution in [1.82, 2.24) is 24.3 Å². The lowest BCUT2D eigenvalue weighted by Gasteiger charge is -2.47. The van der Waals surface area contributed by atoms with Crippen molar-refractivity contribution >= 4 is 34.1 Å². The van der Waals surface area contributed by atoms with E-state index in [0.717, 1.165) is 35.2 Å². The first kappa shape index (κ1) is 22.9. The van der Waals surface area contributed by atoms with Gasteiger partial charge in [0.05, 0.1) is 5.52 Å². The van der Waals surface area contributed by atoms with Gasteiger partial charge in [-0.05, 0) is 55.0 Å². The van der Waals surface area contributed by atoms with E-state index in [1.807, 2.05) is 51.1 Å². The summed E-state index contributed by atoms with van der Waals surface area (Å²) in [5.74, 6) is -0.215. The van der Waals surface area contributed by atoms with E-state index in [1.54, 1.807) is 18.3 Å². The quantitative estimate of drug-likeness (QED) is 0.425. The Hall–Kier alpha value is -3.56. The molecule has 0 saturated carbocycles. The van der Waals surface area contributed by atoms with Crippen molar-refractivity contribution in [2.45, 2.75) is 13.0 Å². The maximum atomic E-state index is 13.4. The highest BCUT2D eigenvalue weighted by molar-refractivity contribution is 7.11. The number of carbonyl (C=O) groups excluding carboxylic acids is 2. The summed E-state index contributed by atoms with van der Waals surface area (Å²) in [5, 5.41) is 3.38. The van der Waals surface area contributed by atoms with E-state index in [9.17, 15) is 14.0 Å². The average Bonchev–Trinajstić information content (AvgIpc) is 3.52. The molecule has 4 heterocycles. The number of halogens is 1. The molecular weight excluding hydrogens is 477 g/mol. The summed E-state index contributed by atoms with van der Waals surface area (Å²) < 4.78 is 15.4. The van der Waals surface area contributed by atoms with Crippen LogP contribution in [0.3, 0.4) is 0 Å². The Morgan fingerprint density at radius 1 is 0.972 bits per heavy atom. The molecule has 0 unspecified atom stereocenters. The molecule has 0 aliphatic carbocycles. The highest BCUT2D eigenvalue weighted by atomic mass is 32.1. The number of aromatic nitrogens is 2.